The highest BCUT2D eigenvalue weighted by Gasteiger charge is 2.18. The minimum Gasteiger partial charge on any atom is -0.493 e. The third-order valence-electron chi connectivity index (χ3n) is 2.21. The Labute approximate surface area is 104 Å². The van der Waals surface area contributed by atoms with Crippen LogP contribution in [0, 0.1) is 0 Å². The molecule has 6 heteroatoms. The molecule has 1 heterocycles. The van der Waals surface area contributed by atoms with Gasteiger partial charge in [0.05, 0.1) is 19.3 Å². The van der Waals surface area contributed by atoms with Crippen LogP contribution in [0.5, 0.6) is 5.75 Å². The van der Waals surface area contributed by atoms with Gasteiger partial charge in [-0.2, -0.15) is 4.98 Å². The SMILES string of the molecule is CCOc1ccccc1-c1noc(C(=O)OC)n1. The fourth-order valence-electron chi connectivity index (χ4n) is 1.44. The second-order valence-electron chi connectivity index (χ2n) is 3.34. The van der Waals surface area contributed by atoms with Gasteiger partial charge in [0, 0.05) is 0 Å². The molecule has 0 radical (unpaired) electrons. The van der Waals surface area contributed by atoms with E-state index in [1.165, 1.54) is 7.11 Å². The van der Waals surface area contributed by atoms with E-state index < -0.39 is 5.97 Å². The first kappa shape index (κ1) is 12.1. The number of carbonyl (C=O) groups excluding carboxylic acids is 1. The van der Waals surface area contributed by atoms with Crippen LogP contribution in [0.25, 0.3) is 11.4 Å². The number of carbonyl (C=O) groups is 1. The first-order valence-electron chi connectivity index (χ1n) is 5.40. The number of rotatable bonds is 4. The second-order valence-corrected chi connectivity index (χ2v) is 3.34. The van der Waals surface area contributed by atoms with Gasteiger partial charge in [-0.05, 0) is 19.1 Å². The molecule has 2 rings (SSSR count). The lowest BCUT2D eigenvalue weighted by Crippen LogP contribution is -2.01. The molecule has 2 aromatic rings. The number of hydrogen-bond donors (Lipinski definition) is 0. The van der Waals surface area contributed by atoms with E-state index in [-0.39, 0.29) is 5.89 Å². The molecule has 0 unspecified atom stereocenters. The average molecular weight is 248 g/mol. The Hall–Kier alpha value is -2.37. The van der Waals surface area contributed by atoms with Crippen molar-refractivity contribution in [3.05, 3.63) is 30.2 Å². The van der Waals surface area contributed by atoms with Gasteiger partial charge < -0.3 is 14.0 Å². The molecule has 0 saturated heterocycles. The summed E-state index contributed by atoms with van der Waals surface area (Å²) in [5.41, 5.74) is 0.665. The molecule has 0 fully saturated rings. The number of methoxy groups -OCH3 is 1. The largest absolute Gasteiger partial charge is 0.493 e. The van der Waals surface area contributed by atoms with Gasteiger partial charge in [-0.1, -0.05) is 17.3 Å². The molecule has 0 atom stereocenters. The van der Waals surface area contributed by atoms with Crippen molar-refractivity contribution >= 4 is 5.97 Å². The Balaban J connectivity index is 2.36. The lowest BCUT2D eigenvalue weighted by molar-refractivity contribution is 0.0545. The summed E-state index contributed by atoms with van der Waals surface area (Å²) >= 11 is 0. The van der Waals surface area contributed by atoms with Crippen LogP contribution < -0.4 is 4.74 Å². The van der Waals surface area contributed by atoms with Gasteiger partial charge in [-0.15, -0.1) is 0 Å². The van der Waals surface area contributed by atoms with E-state index in [1.807, 2.05) is 19.1 Å². The first-order valence-corrected chi connectivity index (χ1v) is 5.40. The van der Waals surface area contributed by atoms with Crippen LogP contribution in [0.3, 0.4) is 0 Å². The monoisotopic (exact) mass is 248 g/mol. The van der Waals surface area contributed by atoms with Crippen LogP contribution in [0.4, 0.5) is 0 Å². The minimum absolute atomic E-state index is 0.182. The van der Waals surface area contributed by atoms with Crippen molar-refractivity contribution in [3.63, 3.8) is 0 Å². The van der Waals surface area contributed by atoms with Gasteiger partial charge in [-0.3, -0.25) is 0 Å². The van der Waals surface area contributed by atoms with Gasteiger partial charge in [0.1, 0.15) is 5.75 Å². The summed E-state index contributed by atoms with van der Waals surface area (Å²) < 4.78 is 14.8. The van der Waals surface area contributed by atoms with E-state index in [1.54, 1.807) is 12.1 Å². The average Bonchev–Trinajstić information content (AvgIpc) is 2.88. The fraction of sp³-hybridized carbons (Fsp3) is 0.250. The van der Waals surface area contributed by atoms with Crippen molar-refractivity contribution in [3.8, 4) is 17.1 Å². The van der Waals surface area contributed by atoms with Gasteiger partial charge in [0.25, 0.3) is 0 Å². The predicted octanol–water partition coefficient (Wildman–Crippen LogP) is 1.92. The number of ether oxygens (including phenoxy) is 2. The second kappa shape index (κ2) is 5.31. The van der Waals surface area contributed by atoms with E-state index in [9.17, 15) is 4.79 Å². The smallest absolute Gasteiger partial charge is 0.397 e. The summed E-state index contributed by atoms with van der Waals surface area (Å²) in [5.74, 6) is 0.0816. The summed E-state index contributed by atoms with van der Waals surface area (Å²) in [5, 5.41) is 3.73. The van der Waals surface area contributed by atoms with Crippen LogP contribution in [0.15, 0.2) is 28.8 Å². The maximum Gasteiger partial charge on any atom is 0.397 e. The zero-order valence-electron chi connectivity index (χ0n) is 10.0. The lowest BCUT2D eigenvalue weighted by Gasteiger charge is -2.05. The van der Waals surface area contributed by atoms with Crippen molar-refractivity contribution in [1.29, 1.82) is 0 Å². The van der Waals surface area contributed by atoms with Crippen LogP contribution in [0.1, 0.15) is 17.6 Å². The third kappa shape index (κ3) is 2.32. The zero-order valence-corrected chi connectivity index (χ0v) is 10.0. The molecular weight excluding hydrogens is 236 g/mol. The summed E-state index contributed by atoms with van der Waals surface area (Å²) in [4.78, 5) is 15.2. The maximum atomic E-state index is 11.2. The normalized spacial score (nSPS) is 10.1. The Bertz CT molecular complexity index is 551. The van der Waals surface area contributed by atoms with Crippen molar-refractivity contribution in [1.82, 2.24) is 10.1 Å². The molecule has 0 aliphatic carbocycles. The molecule has 0 aliphatic rings. The number of aromatic nitrogens is 2. The quantitative estimate of drug-likeness (QED) is 0.769. The molecule has 1 aromatic heterocycles. The zero-order chi connectivity index (χ0) is 13.0. The topological polar surface area (TPSA) is 74.5 Å². The third-order valence-corrected chi connectivity index (χ3v) is 2.21. The molecule has 94 valence electrons. The molecule has 18 heavy (non-hydrogen) atoms. The number of hydrogen-bond acceptors (Lipinski definition) is 6. The summed E-state index contributed by atoms with van der Waals surface area (Å²) in [7, 11) is 1.25. The van der Waals surface area contributed by atoms with E-state index >= 15 is 0 Å². The van der Waals surface area contributed by atoms with E-state index in [4.69, 9.17) is 9.26 Å². The number of nitrogens with zero attached hydrogens (tertiary/aromatic N) is 2. The van der Waals surface area contributed by atoms with Gasteiger partial charge in [-0.25, -0.2) is 4.79 Å². The Morgan fingerprint density at radius 3 is 2.89 bits per heavy atom. The minimum atomic E-state index is -0.664. The molecule has 0 aliphatic heterocycles. The van der Waals surface area contributed by atoms with Crippen molar-refractivity contribution < 1.29 is 18.8 Å². The lowest BCUT2D eigenvalue weighted by atomic mass is 10.2. The highest BCUT2D eigenvalue weighted by Crippen LogP contribution is 2.27. The van der Waals surface area contributed by atoms with Gasteiger partial charge in [0.15, 0.2) is 0 Å². The molecule has 0 N–H and O–H groups in total. The molecule has 0 bridgehead atoms. The van der Waals surface area contributed by atoms with Crippen molar-refractivity contribution in [2.24, 2.45) is 0 Å². The molecule has 0 saturated carbocycles. The Morgan fingerprint density at radius 1 is 1.39 bits per heavy atom. The standard InChI is InChI=1S/C12H12N2O4/c1-3-17-9-7-5-4-6-8(9)10-13-11(18-14-10)12(15)16-2/h4-7H,3H2,1-2H3. The van der Waals surface area contributed by atoms with E-state index in [0.29, 0.717) is 23.7 Å². The highest BCUT2D eigenvalue weighted by atomic mass is 16.6. The van der Waals surface area contributed by atoms with Crippen LogP contribution in [-0.2, 0) is 4.74 Å². The summed E-state index contributed by atoms with van der Waals surface area (Å²) in [6.45, 7) is 2.41. The van der Waals surface area contributed by atoms with Crippen LogP contribution in [0.2, 0.25) is 0 Å². The number of benzene rings is 1. The molecule has 0 spiro atoms. The molecule has 6 nitrogen and oxygen atoms in total. The molecular formula is C12H12N2O4. The van der Waals surface area contributed by atoms with Crippen molar-refractivity contribution in [2.75, 3.05) is 13.7 Å². The Morgan fingerprint density at radius 2 is 2.17 bits per heavy atom. The van der Waals surface area contributed by atoms with Gasteiger partial charge >= 0.3 is 11.9 Å². The Kier molecular flexibility index (Phi) is 3.57. The molecule has 1 aromatic carbocycles. The maximum absolute atomic E-state index is 11.2. The summed E-state index contributed by atoms with van der Waals surface area (Å²) in [6.07, 6.45) is 0. The first-order chi connectivity index (χ1) is 8.76. The number of esters is 1. The predicted molar refractivity (Wildman–Crippen MR) is 62.2 cm³/mol. The van der Waals surface area contributed by atoms with Crippen LogP contribution in [-0.4, -0.2) is 29.8 Å². The summed E-state index contributed by atoms with van der Waals surface area (Å²) in [6, 6.07) is 7.26. The molecule has 0 amide bonds. The number of para-hydroxylation sites is 1. The van der Waals surface area contributed by atoms with Gasteiger partial charge in [0.2, 0.25) is 5.82 Å². The van der Waals surface area contributed by atoms with E-state index in [0.717, 1.165) is 0 Å². The van der Waals surface area contributed by atoms with E-state index in [2.05, 4.69) is 14.9 Å². The van der Waals surface area contributed by atoms with Crippen LogP contribution >= 0.6 is 0 Å². The highest BCUT2D eigenvalue weighted by molar-refractivity contribution is 5.84. The van der Waals surface area contributed by atoms with Crippen molar-refractivity contribution in [2.45, 2.75) is 6.92 Å². The fourth-order valence-corrected chi connectivity index (χ4v) is 1.44.